The summed E-state index contributed by atoms with van der Waals surface area (Å²) >= 11 is 0. The van der Waals surface area contributed by atoms with E-state index in [9.17, 15) is 4.79 Å². The van der Waals surface area contributed by atoms with Gasteiger partial charge in [0.15, 0.2) is 5.69 Å². The molecule has 5 heteroatoms. The second-order valence-electron chi connectivity index (χ2n) is 5.02. The number of carbonyl (C=O) groups excluding carboxylic acids is 1. The number of nitrogens with two attached hydrogens (primary N) is 1. The van der Waals surface area contributed by atoms with E-state index in [2.05, 4.69) is 9.88 Å². The van der Waals surface area contributed by atoms with Crippen LogP contribution in [0.4, 0.5) is 5.69 Å². The molecular formula is C13H18N4O. The van der Waals surface area contributed by atoms with Gasteiger partial charge in [-0.1, -0.05) is 0 Å². The first-order chi connectivity index (χ1) is 8.75. The summed E-state index contributed by atoms with van der Waals surface area (Å²) in [5, 5.41) is 0. The Morgan fingerprint density at radius 1 is 1.39 bits per heavy atom. The Kier molecular flexibility index (Phi) is 2.91. The quantitative estimate of drug-likeness (QED) is 0.787. The van der Waals surface area contributed by atoms with E-state index in [1.807, 2.05) is 4.90 Å². The van der Waals surface area contributed by atoms with Crippen LogP contribution in [0, 0.1) is 0 Å². The molecule has 0 saturated carbocycles. The van der Waals surface area contributed by atoms with Crippen LogP contribution >= 0.6 is 0 Å². The average molecular weight is 246 g/mol. The zero-order valence-corrected chi connectivity index (χ0v) is 10.4. The molecule has 2 aliphatic rings. The fourth-order valence-electron chi connectivity index (χ4n) is 2.92. The second kappa shape index (κ2) is 4.57. The zero-order chi connectivity index (χ0) is 12.5. The fourth-order valence-corrected chi connectivity index (χ4v) is 2.92. The van der Waals surface area contributed by atoms with Crippen molar-refractivity contribution in [1.29, 1.82) is 0 Å². The number of rotatable bonds is 1. The molecule has 2 N–H and O–H groups in total. The molecule has 0 bridgehead atoms. The Labute approximate surface area is 107 Å². The largest absolute Gasteiger partial charge is 0.397 e. The molecule has 2 aliphatic heterocycles. The first kappa shape index (κ1) is 11.5. The molecule has 3 rings (SSSR count). The minimum absolute atomic E-state index is 0.0281. The fraction of sp³-hybridized carbons (Fsp3) is 0.538. The third-order valence-electron chi connectivity index (χ3n) is 3.92. The smallest absolute Gasteiger partial charge is 0.274 e. The summed E-state index contributed by atoms with van der Waals surface area (Å²) in [5.41, 5.74) is 6.68. The Bertz CT molecular complexity index is 462. The van der Waals surface area contributed by atoms with Crippen molar-refractivity contribution in [2.75, 3.05) is 31.9 Å². The van der Waals surface area contributed by atoms with Crippen molar-refractivity contribution < 1.29 is 4.79 Å². The number of carbonyl (C=O) groups is 1. The predicted molar refractivity (Wildman–Crippen MR) is 69.1 cm³/mol. The van der Waals surface area contributed by atoms with E-state index >= 15 is 0 Å². The van der Waals surface area contributed by atoms with Crippen molar-refractivity contribution >= 4 is 11.6 Å². The molecule has 0 aromatic carbocycles. The van der Waals surface area contributed by atoms with Gasteiger partial charge < -0.3 is 10.6 Å². The molecule has 1 amide bonds. The lowest BCUT2D eigenvalue weighted by Crippen LogP contribution is -2.52. The Morgan fingerprint density at radius 3 is 3.11 bits per heavy atom. The monoisotopic (exact) mass is 246 g/mol. The highest BCUT2D eigenvalue weighted by Crippen LogP contribution is 2.23. The molecule has 0 radical (unpaired) electrons. The van der Waals surface area contributed by atoms with Crippen molar-refractivity contribution in [3.8, 4) is 0 Å². The van der Waals surface area contributed by atoms with E-state index < -0.39 is 0 Å². The Balaban J connectivity index is 1.75. The number of hydrogen-bond acceptors (Lipinski definition) is 4. The van der Waals surface area contributed by atoms with Gasteiger partial charge in [0, 0.05) is 31.9 Å². The van der Waals surface area contributed by atoms with Crippen LogP contribution in [0.1, 0.15) is 23.3 Å². The standard InChI is InChI=1S/C13H18N4O/c14-11-4-1-5-15-12(11)13(18)17-8-7-16-6-2-3-10(16)9-17/h1,4-5,10H,2-3,6-9,14H2. The molecular weight excluding hydrogens is 228 g/mol. The maximum absolute atomic E-state index is 12.4. The van der Waals surface area contributed by atoms with E-state index in [1.54, 1.807) is 18.3 Å². The number of nitrogen functional groups attached to an aromatic ring is 1. The van der Waals surface area contributed by atoms with E-state index in [0.717, 1.165) is 19.6 Å². The molecule has 5 nitrogen and oxygen atoms in total. The third kappa shape index (κ3) is 1.95. The topological polar surface area (TPSA) is 62.5 Å². The third-order valence-corrected chi connectivity index (χ3v) is 3.92. The van der Waals surface area contributed by atoms with Crippen LogP contribution in [0.5, 0.6) is 0 Å². The van der Waals surface area contributed by atoms with Crippen molar-refractivity contribution in [1.82, 2.24) is 14.8 Å². The van der Waals surface area contributed by atoms with Gasteiger partial charge in [-0.3, -0.25) is 9.69 Å². The minimum Gasteiger partial charge on any atom is -0.397 e. The summed E-state index contributed by atoms with van der Waals surface area (Å²) in [4.78, 5) is 20.9. The number of fused-ring (bicyclic) bond motifs is 1. The minimum atomic E-state index is -0.0281. The summed E-state index contributed by atoms with van der Waals surface area (Å²) in [6, 6.07) is 4.01. The Hall–Kier alpha value is -1.62. The van der Waals surface area contributed by atoms with E-state index in [1.165, 1.54) is 19.4 Å². The van der Waals surface area contributed by atoms with Gasteiger partial charge in [0.05, 0.1) is 5.69 Å². The summed E-state index contributed by atoms with van der Waals surface area (Å²) in [5.74, 6) is -0.0281. The number of pyridine rings is 1. The van der Waals surface area contributed by atoms with Gasteiger partial charge in [-0.2, -0.15) is 0 Å². The van der Waals surface area contributed by atoms with Crippen LogP contribution in [0.25, 0.3) is 0 Å². The van der Waals surface area contributed by atoms with Crippen molar-refractivity contribution in [3.63, 3.8) is 0 Å². The zero-order valence-electron chi connectivity index (χ0n) is 10.4. The molecule has 0 spiro atoms. The first-order valence-corrected chi connectivity index (χ1v) is 6.49. The van der Waals surface area contributed by atoms with Gasteiger partial charge in [-0.05, 0) is 31.5 Å². The molecule has 1 atom stereocenters. The van der Waals surface area contributed by atoms with Crippen LogP contribution in [-0.4, -0.2) is 52.9 Å². The highest BCUT2D eigenvalue weighted by Gasteiger charge is 2.33. The van der Waals surface area contributed by atoms with Gasteiger partial charge >= 0.3 is 0 Å². The normalized spacial score (nSPS) is 24.0. The predicted octanol–water partition coefficient (Wildman–Crippen LogP) is 0.584. The van der Waals surface area contributed by atoms with Crippen LogP contribution < -0.4 is 5.73 Å². The lowest BCUT2D eigenvalue weighted by Gasteiger charge is -2.37. The number of amides is 1. The van der Waals surface area contributed by atoms with Gasteiger partial charge in [-0.15, -0.1) is 0 Å². The van der Waals surface area contributed by atoms with Gasteiger partial charge in [0.25, 0.3) is 5.91 Å². The summed E-state index contributed by atoms with van der Waals surface area (Å²) < 4.78 is 0. The SMILES string of the molecule is Nc1cccnc1C(=O)N1CCN2CCCC2C1. The van der Waals surface area contributed by atoms with Gasteiger partial charge in [0.2, 0.25) is 0 Å². The highest BCUT2D eigenvalue weighted by molar-refractivity contribution is 5.97. The van der Waals surface area contributed by atoms with Crippen LogP contribution in [0.15, 0.2) is 18.3 Å². The maximum Gasteiger partial charge on any atom is 0.274 e. The molecule has 3 heterocycles. The summed E-state index contributed by atoms with van der Waals surface area (Å²) in [7, 11) is 0. The van der Waals surface area contributed by atoms with Crippen molar-refractivity contribution in [2.45, 2.75) is 18.9 Å². The van der Waals surface area contributed by atoms with E-state index in [0.29, 0.717) is 17.4 Å². The average Bonchev–Trinajstić information content (AvgIpc) is 2.85. The molecule has 2 saturated heterocycles. The molecule has 1 unspecified atom stereocenters. The van der Waals surface area contributed by atoms with Crippen molar-refractivity contribution in [3.05, 3.63) is 24.0 Å². The molecule has 1 aromatic heterocycles. The van der Waals surface area contributed by atoms with Crippen LogP contribution in [-0.2, 0) is 0 Å². The molecule has 96 valence electrons. The van der Waals surface area contributed by atoms with E-state index in [4.69, 9.17) is 5.73 Å². The highest BCUT2D eigenvalue weighted by atomic mass is 16.2. The molecule has 18 heavy (non-hydrogen) atoms. The lowest BCUT2D eigenvalue weighted by molar-refractivity contribution is 0.0567. The van der Waals surface area contributed by atoms with Crippen LogP contribution in [0.2, 0.25) is 0 Å². The summed E-state index contributed by atoms with van der Waals surface area (Å²) in [6.45, 7) is 3.75. The molecule has 1 aromatic rings. The van der Waals surface area contributed by atoms with Gasteiger partial charge in [0.1, 0.15) is 0 Å². The van der Waals surface area contributed by atoms with E-state index in [-0.39, 0.29) is 5.91 Å². The maximum atomic E-state index is 12.4. The number of aromatic nitrogens is 1. The number of nitrogens with zero attached hydrogens (tertiary/aromatic N) is 3. The first-order valence-electron chi connectivity index (χ1n) is 6.49. The summed E-state index contributed by atoms with van der Waals surface area (Å²) in [6.07, 6.45) is 4.06. The number of hydrogen-bond donors (Lipinski definition) is 1. The Morgan fingerprint density at radius 2 is 2.28 bits per heavy atom. The lowest BCUT2D eigenvalue weighted by atomic mass is 10.1. The molecule has 2 fully saturated rings. The second-order valence-corrected chi connectivity index (χ2v) is 5.02. The van der Waals surface area contributed by atoms with Gasteiger partial charge in [-0.25, -0.2) is 4.98 Å². The number of anilines is 1. The van der Waals surface area contributed by atoms with Crippen molar-refractivity contribution in [2.24, 2.45) is 0 Å². The number of piperazine rings is 1. The van der Waals surface area contributed by atoms with Crippen LogP contribution in [0.3, 0.4) is 0 Å². The molecule has 0 aliphatic carbocycles.